The maximum Gasteiger partial charge on any atom is 0.333 e. The summed E-state index contributed by atoms with van der Waals surface area (Å²) in [7, 11) is 1.47. The quantitative estimate of drug-likeness (QED) is 0.528. The summed E-state index contributed by atoms with van der Waals surface area (Å²) in [4.78, 5) is 10.6. The summed E-state index contributed by atoms with van der Waals surface area (Å²) in [6.45, 7) is 3.49. The molecule has 1 rings (SSSR count). The Morgan fingerprint density at radius 1 is 1.90 bits per heavy atom. The molecule has 54 valence electrons. The van der Waals surface area contributed by atoms with Gasteiger partial charge in [0.1, 0.15) is 0 Å². The van der Waals surface area contributed by atoms with Crippen LogP contribution in [0.2, 0.25) is 0 Å². The molecule has 0 bridgehead atoms. The van der Waals surface area contributed by atoms with Gasteiger partial charge in [-0.1, -0.05) is 12.7 Å². The molecular weight excluding hydrogens is 132 g/mol. The van der Waals surface area contributed by atoms with Gasteiger partial charge in [0.05, 0.1) is 0 Å². The summed E-state index contributed by atoms with van der Waals surface area (Å²) < 4.78 is 9.49. The monoisotopic (exact) mass is 140 g/mol. The number of hydrogen-bond acceptors (Lipinski definition) is 3. The number of methoxy groups -OCH3 is 1. The Kier molecular flexibility index (Phi) is 1.87. The number of hydrogen-bond donors (Lipinski definition) is 0. The third-order valence-electron chi connectivity index (χ3n) is 1.23. The molecule has 0 aliphatic carbocycles. The molecule has 3 heteroatoms. The van der Waals surface area contributed by atoms with Gasteiger partial charge in [0, 0.05) is 18.8 Å². The topological polar surface area (TPSA) is 35.5 Å². The third kappa shape index (κ3) is 1.09. The minimum Gasteiger partial charge on any atom is -0.428 e. The summed E-state index contributed by atoms with van der Waals surface area (Å²) in [5.41, 5.74) is 0.674. The summed E-state index contributed by atoms with van der Waals surface area (Å²) in [5, 5.41) is 0. The fourth-order valence-electron chi connectivity index (χ4n) is 0.751. The molecule has 0 aromatic heterocycles. The zero-order chi connectivity index (χ0) is 7.56. The van der Waals surface area contributed by atoms with Crippen molar-refractivity contribution in [3.05, 3.63) is 24.3 Å². The molecule has 1 atom stereocenters. The van der Waals surface area contributed by atoms with Crippen molar-refractivity contribution in [1.82, 2.24) is 0 Å². The number of cyclic esters (lactones) is 1. The highest BCUT2D eigenvalue weighted by atomic mass is 16.7. The normalized spacial score (nSPS) is 23.9. The molecule has 0 amide bonds. The van der Waals surface area contributed by atoms with Crippen molar-refractivity contribution in [2.75, 3.05) is 7.11 Å². The van der Waals surface area contributed by atoms with E-state index in [2.05, 4.69) is 11.3 Å². The van der Waals surface area contributed by atoms with Crippen LogP contribution in [0.5, 0.6) is 0 Å². The molecule has 3 nitrogen and oxygen atoms in total. The Morgan fingerprint density at radius 3 is 3.00 bits per heavy atom. The van der Waals surface area contributed by atoms with Crippen LogP contribution in [0.25, 0.3) is 0 Å². The molecule has 1 aliphatic heterocycles. The molecule has 0 saturated carbocycles. The van der Waals surface area contributed by atoms with Crippen LogP contribution in [0.1, 0.15) is 0 Å². The highest BCUT2D eigenvalue weighted by molar-refractivity contribution is 5.86. The van der Waals surface area contributed by atoms with E-state index >= 15 is 0 Å². The summed E-state index contributed by atoms with van der Waals surface area (Å²) in [6, 6.07) is 0. The SMILES string of the molecule is C=CC1=CC(=O)OC1OC. The molecule has 0 fully saturated rings. The van der Waals surface area contributed by atoms with Crippen LogP contribution in [0.15, 0.2) is 24.3 Å². The lowest BCUT2D eigenvalue weighted by Gasteiger charge is -2.07. The van der Waals surface area contributed by atoms with E-state index in [1.54, 1.807) is 6.08 Å². The molecule has 0 aromatic carbocycles. The summed E-state index contributed by atoms with van der Waals surface area (Å²) in [6.07, 6.45) is 2.35. The lowest BCUT2D eigenvalue weighted by Crippen LogP contribution is -2.12. The van der Waals surface area contributed by atoms with Gasteiger partial charge in [0.15, 0.2) is 0 Å². The highest BCUT2D eigenvalue weighted by Gasteiger charge is 2.22. The molecule has 0 N–H and O–H groups in total. The van der Waals surface area contributed by atoms with Crippen LogP contribution in [0.3, 0.4) is 0 Å². The lowest BCUT2D eigenvalue weighted by atomic mass is 10.3. The first-order valence-electron chi connectivity index (χ1n) is 2.85. The first-order chi connectivity index (χ1) is 4.77. The fraction of sp³-hybridized carbons (Fsp3) is 0.286. The first-order valence-corrected chi connectivity index (χ1v) is 2.85. The Morgan fingerprint density at radius 2 is 2.60 bits per heavy atom. The maximum atomic E-state index is 10.6. The van der Waals surface area contributed by atoms with Gasteiger partial charge in [0.2, 0.25) is 6.29 Å². The average molecular weight is 140 g/mol. The zero-order valence-electron chi connectivity index (χ0n) is 5.66. The van der Waals surface area contributed by atoms with E-state index in [0.29, 0.717) is 5.57 Å². The van der Waals surface area contributed by atoms with Gasteiger partial charge in [-0.05, 0) is 0 Å². The van der Waals surface area contributed by atoms with Crippen molar-refractivity contribution < 1.29 is 14.3 Å². The van der Waals surface area contributed by atoms with Crippen molar-refractivity contribution >= 4 is 5.97 Å². The van der Waals surface area contributed by atoms with E-state index < -0.39 is 6.29 Å². The number of esters is 1. The predicted octanol–water partition coefficient (Wildman–Crippen LogP) is 0.628. The molecule has 0 saturated heterocycles. The summed E-state index contributed by atoms with van der Waals surface area (Å²) in [5.74, 6) is -0.373. The Bertz CT molecular complexity index is 193. The number of carbonyl (C=O) groups is 1. The fourth-order valence-corrected chi connectivity index (χ4v) is 0.751. The molecule has 10 heavy (non-hydrogen) atoms. The minimum atomic E-state index is -0.551. The molecule has 1 aliphatic rings. The van der Waals surface area contributed by atoms with Crippen molar-refractivity contribution in [3.63, 3.8) is 0 Å². The Labute approximate surface area is 58.9 Å². The Balaban J connectivity index is 2.74. The zero-order valence-corrected chi connectivity index (χ0v) is 5.66. The van der Waals surface area contributed by atoms with Crippen LogP contribution < -0.4 is 0 Å². The maximum absolute atomic E-state index is 10.6. The van der Waals surface area contributed by atoms with Gasteiger partial charge in [0.25, 0.3) is 0 Å². The van der Waals surface area contributed by atoms with Crippen LogP contribution in [-0.2, 0) is 14.3 Å². The lowest BCUT2D eigenvalue weighted by molar-refractivity contribution is -0.154. The van der Waals surface area contributed by atoms with Gasteiger partial charge in [-0.25, -0.2) is 4.79 Å². The first kappa shape index (κ1) is 7.02. The van der Waals surface area contributed by atoms with E-state index in [-0.39, 0.29) is 5.97 Å². The van der Waals surface area contributed by atoms with E-state index in [4.69, 9.17) is 4.74 Å². The van der Waals surface area contributed by atoms with Gasteiger partial charge in [-0.3, -0.25) is 0 Å². The van der Waals surface area contributed by atoms with Crippen molar-refractivity contribution in [2.45, 2.75) is 6.29 Å². The highest BCUT2D eigenvalue weighted by Crippen LogP contribution is 2.15. The molecule has 0 aromatic rings. The molecular formula is C7H8O3. The van der Waals surface area contributed by atoms with Gasteiger partial charge in [-0.2, -0.15) is 0 Å². The van der Waals surface area contributed by atoms with Gasteiger partial charge < -0.3 is 9.47 Å². The van der Waals surface area contributed by atoms with Crippen LogP contribution in [0, 0.1) is 0 Å². The van der Waals surface area contributed by atoms with Crippen molar-refractivity contribution in [1.29, 1.82) is 0 Å². The number of rotatable bonds is 2. The predicted molar refractivity (Wildman–Crippen MR) is 35.2 cm³/mol. The second-order valence-corrected chi connectivity index (χ2v) is 1.85. The third-order valence-corrected chi connectivity index (χ3v) is 1.23. The number of ether oxygens (including phenoxy) is 2. The van der Waals surface area contributed by atoms with Crippen LogP contribution in [-0.4, -0.2) is 19.4 Å². The second-order valence-electron chi connectivity index (χ2n) is 1.85. The Hall–Kier alpha value is -1.09. The molecule has 0 spiro atoms. The molecule has 1 unspecified atom stereocenters. The van der Waals surface area contributed by atoms with Crippen molar-refractivity contribution in [2.24, 2.45) is 0 Å². The van der Waals surface area contributed by atoms with E-state index in [1.165, 1.54) is 13.2 Å². The van der Waals surface area contributed by atoms with Crippen LogP contribution >= 0.6 is 0 Å². The van der Waals surface area contributed by atoms with Gasteiger partial charge >= 0.3 is 5.97 Å². The summed E-state index contributed by atoms with van der Waals surface area (Å²) >= 11 is 0. The van der Waals surface area contributed by atoms with E-state index in [9.17, 15) is 4.79 Å². The molecule has 1 heterocycles. The largest absolute Gasteiger partial charge is 0.428 e. The van der Waals surface area contributed by atoms with E-state index in [0.717, 1.165) is 0 Å². The van der Waals surface area contributed by atoms with E-state index in [1.807, 2.05) is 0 Å². The van der Waals surface area contributed by atoms with Crippen LogP contribution in [0.4, 0.5) is 0 Å². The smallest absolute Gasteiger partial charge is 0.333 e. The average Bonchev–Trinajstić information content (AvgIpc) is 2.30. The second kappa shape index (κ2) is 2.66. The van der Waals surface area contributed by atoms with Gasteiger partial charge in [-0.15, -0.1) is 0 Å². The standard InChI is InChI=1S/C7H8O3/c1-3-5-4-6(8)10-7(5)9-2/h3-4,7H,1H2,2H3. The minimum absolute atomic E-state index is 0.373. The number of carbonyl (C=O) groups excluding carboxylic acids is 1. The van der Waals surface area contributed by atoms with Crippen molar-refractivity contribution in [3.8, 4) is 0 Å². The molecule has 0 radical (unpaired) electrons.